The number of hydrogen-bond donors (Lipinski definition) is 1. The molecule has 31 heavy (non-hydrogen) atoms. The molecule has 3 heterocycles. The smallest absolute Gasteiger partial charge is 0.231 e. The van der Waals surface area contributed by atoms with E-state index in [2.05, 4.69) is 17.1 Å². The standard InChI is InChI=1S/C21H20ClN5O3S/c1-11-5-13-7-17-18(30-10-29-17)8-14(13)20(12-3-4-16(23)15(22)6-12)26-27(11)21-25-24-19(31-21)9-28-2/h3-4,6-8,11H,5,9-10,23H2,1-2H3/t11-/m1/s1. The molecule has 3 aromatic rings. The quantitative estimate of drug-likeness (QED) is 0.594. The topological polar surface area (TPSA) is 95.1 Å². The van der Waals surface area contributed by atoms with Gasteiger partial charge in [-0.2, -0.15) is 5.10 Å². The minimum atomic E-state index is 0.0317. The number of methoxy groups -OCH3 is 1. The average Bonchev–Trinajstić information content (AvgIpc) is 3.37. The number of nitrogens with two attached hydrogens (primary N) is 1. The number of benzene rings is 2. The molecule has 0 unspecified atom stereocenters. The predicted molar refractivity (Wildman–Crippen MR) is 120 cm³/mol. The van der Waals surface area contributed by atoms with Crippen molar-refractivity contribution in [1.82, 2.24) is 10.2 Å². The summed E-state index contributed by atoms with van der Waals surface area (Å²) in [5, 5.41) is 17.5. The lowest BCUT2D eigenvalue weighted by molar-refractivity contribution is 0.174. The molecule has 2 aliphatic heterocycles. The van der Waals surface area contributed by atoms with Crippen molar-refractivity contribution in [2.24, 2.45) is 5.10 Å². The Balaban J connectivity index is 1.67. The van der Waals surface area contributed by atoms with E-state index >= 15 is 0 Å². The van der Waals surface area contributed by atoms with Gasteiger partial charge in [-0.3, -0.25) is 0 Å². The number of fused-ring (bicyclic) bond motifs is 2. The van der Waals surface area contributed by atoms with Crippen molar-refractivity contribution < 1.29 is 14.2 Å². The molecule has 0 saturated heterocycles. The van der Waals surface area contributed by atoms with Crippen LogP contribution in [-0.4, -0.2) is 35.9 Å². The Morgan fingerprint density at radius 3 is 2.81 bits per heavy atom. The van der Waals surface area contributed by atoms with E-state index in [1.54, 1.807) is 13.2 Å². The van der Waals surface area contributed by atoms with Crippen LogP contribution in [0.4, 0.5) is 10.8 Å². The highest BCUT2D eigenvalue weighted by molar-refractivity contribution is 7.15. The number of halogens is 1. The van der Waals surface area contributed by atoms with Gasteiger partial charge in [-0.25, -0.2) is 5.01 Å². The second kappa shape index (κ2) is 7.99. The van der Waals surface area contributed by atoms with E-state index in [0.717, 1.165) is 39.6 Å². The first kappa shape index (κ1) is 20.0. The molecule has 5 rings (SSSR count). The van der Waals surface area contributed by atoms with E-state index in [0.29, 0.717) is 28.2 Å². The van der Waals surface area contributed by atoms with Crippen molar-refractivity contribution in [2.75, 3.05) is 24.6 Å². The van der Waals surface area contributed by atoms with Crippen molar-refractivity contribution >= 4 is 39.5 Å². The lowest BCUT2D eigenvalue weighted by Gasteiger charge is -2.21. The van der Waals surface area contributed by atoms with Crippen LogP contribution in [0.1, 0.15) is 28.6 Å². The van der Waals surface area contributed by atoms with Crippen LogP contribution in [-0.2, 0) is 17.8 Å². The van der Waals surface area contributed by atoms with Crippen LogP contribution < -0.4 is 20.2 Å². The number of hydrogen-bond acceptors (Lipinski definition) is 9. The number of hydrazone groups is 1. The average molecular weight is 458 g/mol. The molecule has 2 N–H and O–H groups in total. The summed E-state index contributed by atoms with van der Waals surface area (Å²) >= 11 is 7.80. The van der Waals surface area contributed by atoms with Gasteiger partial charge in [0.15, 0.2) is 11.5 Å². The molecule has 0 bridgehead atoms. The Bertz CT molecular complexity index is 1180. The van der Waals surface area contributed by atoms with Crippen molar-refractivity contribution in [3.63, 3.8) is 0 Å². The van der Waals surface area contributed by atoms with E-state index in [1.165, 1.54) is 11.3 Å². The van der Waals surface area contributed by atoms with Crippen LogP contribution in [0.3, 0.4) is 0 Å². The zero-order valence-electron chi connectivity index (χ0n) is 17.0. The zero-order chi connectivity index (χ0) is 21.5. The summed E-state index contributed by atoms with van der Waals surface area (Å²) in [6.45, 7) is 2.73. The van der Waals surface area contributed by atoms with Gasteiger partial charge < -0.3 is 19.9 Å². The molecule has 1 atom stereocenters. The third-order valence-electron chi connectivity index (χ3n) is 5.19. The van der Waals surface area contributed by atoms with E-state index in [4.69, 9.17) is 36.6 Å². The van der Waals surface area contributed by atoms with Gasteiger partial charge in [-0.1, -0.05) is 29.0 Å². The molecule has 0 aliphatic carbocycles. The van der Waals surface area contributed by atoms with Gasteiger partial charge in [0, 0.05) is 18.2 Å². The normalized spacial score (nSPS) is 17.3. The van der Waals surface area contributed by atoms with Crippen LogP contribution in [0.15, 0.2) is 35.4 Å². The van der Waals surface area contributed by atoms with Gasteiger partial charge in [0.1, 0.15) is 11.6 Å². The molecule has 0 spiro atoms. The first-order valence-electron chi connectivity index (χ1n) is 9.71. The molecule has 0 amide bonds. The lowest BCUT2D eigenvalue weighted by Crippen LogP contribution is -2.29. The summed E-state index contributed by atoms with van der Waals surface area (Å²) < 4.78 is 16.4. The summed E-state index contributed by atoms with van der Waals surface area (Å²) in [7, 11) is 1.64. The molecule has 0 saturated carbocycles. The van der Waals surface area contributed by atoms with Crippen molar-refractivity contribution in [3.8, 4) is 11.5 Å². The Kier molecular flexibility index (Phi) is 5.17. The Labute approximate surface area is 188 Å². The maximum atomic E-state index is 6.34. The monoisotopic (exact) mass is 457 g/mol. The molecule has 2 aliphatic rings. The molecule has 1 aromatic heterocycles. The van der Waals surface area contributed by atoms with E-state index < -0.39 is 0 Å². The van der Waals surface area contributed by atoms with Crippen molar-refractivity contribution in [1.29, 1.82) is 0 Å². The Hall–Kier alpha value is -2.88. The highest BCUT2D eigenvalue weighted by Gasteiger charge is 2.29. The van der Waals surface area contributed by atoms with Gasteiger partial charge in [0.25, 0.3) is 0 Å². The molecule has 10 heteroatoms. The van der Waals surface area contributed by atoms with Gasteiger partial charge in [-0.05, 0) is 43.2 Å². The Morgan fingerprint density at radius 1 is 1.23 bits per heavy atom. The van der Waals surface area contributed by atoms with E-state index in [9.17, 15) is 0 Å². The third kappa shape index (κ3) is 3.69. The van der Waals surface area contributed by atoms with Gasteiger partial charge in [-0.15, -0.1) is 10.2 Å². The fourth-order valence-corrected chi connectivity index (χ4v) is 4.72. The van der Waals surface area contributed by atoms with Crippen LogP contribution in [0.2, 0.25) is 5.02 Å². The van der Waals surface area contributed by atoms with Crippen LogP contribution in [0.25, 0.3) is 0 Å². The Morgan fingerprint density at radius 2 is 2.03 bits per heavy atom. The molecule has 0 fully saturated rings. The van der Waals surface area contributed by atoms with Crippen LogP contribution in [0.5, 0.6) is 11.5 Å². The number of nitrogens with zero attached hydrogens (tertiary/aromatic N) is 4. The van der Waals surface area contributed by atoms with Gasteiger partial charge in [0.05, 0.1) is 22.5 Å². The van der Waals surface area contributed by atoms with Gasteiger partial charge >= 0.3 is 0 Å². The third-order valence-corrected chi connectivity index (χ3v) is 6.40. The van der Waals surface area contributed by atoms with Crippen LogP contribution in [0, 0.1) is 0 Å². The van der Waals surface area contributed by atoms with Crippen LogP contribution >= 0.6 is 22.9 Å². The van der Waals surface area contributed by atoms with Crippen molar-refractivity contribution in [3.05, 3.63) is 57.1 Å². The fraction of sp³-hybridized carbons (Fsp3) is 0.286. The minimum absolute atomic E-state index is 0.0317. The minimum Gasteiger partial charge on any atom is -0.454 e. The second-order valence-electron chi connectivity index (χ2n) is 7.36. The summed E-state index contributed by atoms with van der Waals surface area (Å²) in [5.74, 6) is 1.44. The first-order chi connectivity index (χ1) is 15.0. The molecular weight excluding hydrogens is 438 g/mol. The highest BCUT2D eigenvalue weighted by Crippen LogP contribution is 2.39. The molecule has 2 aromatic carbocycles. The highest BCUT2D eigenvalue weighted by atomic mass is 35.5. The SMILES string of the molecule is COCc1nnc(N2N=C(c3ccc(N)c(Cl)c3)c3cc4c(cc3C[C@H]2C)OCO4)s1. The maximum Gasteiger partial charge on any atom is 0.231 e. The van der Waals surface area contributed by atoms with Crippen molar-refractivity contribution in [2.45, 2.75) is 26.0 Å². The number of nitrogen functional groups attached to an aromatic ring is 1. The number of rotatable bonds is 4. The predicted octanol–water partition coefficient (Wildman–Crippen LogP) is 3.85. The first-order valence-corrected chi connectivity index (χ1v) is 10.9. The zero-order valence-corrected chi connectivity index (χ0v) is 18.5. The summed E-state index contributed by atoms with van der Waals surface area (Å²) in [4.78, 5) is 0. The molecule has 0 radical (unpaired) electrons. The summed E-state index contributed by atoms with van der Waals surface area (Å²) in [5.41, 5.74) is 10.1. The lowest BCUT2D eigenvalue weighted by atomic mass is 9.94. The van der Waals surface area contributed by atoms with E-state index in [1.807, 2.05) is 29.3 Å². The second-order valence-corrected chi connectivity index (χ2v) is 8.80. The largest absolute Gasteiger partial charge is 0.454 e. The van der Waals surface area contributed by atoms with E-state index in [-0.39, 0.29) is 12.8 Å². The summed E-state index contributed by atoms with van der Waals surface area (Å²) in [6, 6.07) is 9.57. The molecule has 160 valence electrons. The number of ether oxygens (including phenoxy) is 3. The number of anilines is 2. The molecule has 8 nitrogen and oxygen atoms in total. The van der Waals surface area contributed by atoms with Gasteiger partial charge in [0.2, 0.25) is 11.9 Å². The number of aromatic nitrogens is 2. The fourth-order valence-electron chi connectivity index (χ4n) is 3.68. The molecular formula is C21H20ClN5O3S. The summed E-state index contributed by atoms with van der Waals surface area (Å²) in [6.07, 6.45) is 0.737. The maximum absolute atomic E-state index is 6.34.